The normalized spacial score (nSPS) is 10.6. The number of aryl methyl sites for hydroxylation is 1. The number of aromatic hydroxyl groups is 1. The van der Waals surface area contributed by atoms with Gasteiger partial charge in [0.2, 0.25) is 0 Å². The number of benzene rings is 2. The van der Waals surface area contributed by atoms with Crippen molar-refractivity contribution in [3.05, 3.63) is 73.6 Å². The van der Waals surface area contributed by atoms with E-state index < -0.39 is 39.3 Å². The number of anilines is 1. The number of carbonyl (C=O) groups is 2. The maximum absolute atomic E-state index is 12.4. The Morgan fingerprint density at radius 3 is 2.50 bits per heavy atom. The lowest BCUT2D eigenvalue weighted by Crippen LogP contribution is -2.21. The molecule has 0 spiro atoms. The fourth-order valence-electron chi connectivity index (χ4n) is 2.64. The molecule has 2 aromatic carbocycles. The zero-order valence-electron chi connectivity index (χ0n) is 14.3. The van der Waals surface area contributed by atoms with Gasteiger partial charge in [0.15, 0.2) is 0 Å². The molecule has 3 rings (SSSR count). The van der Waals surface area contributed by atoms with E-state index in [0.29, 0.717) is 5.56 Å². The number of rotatable bonds is 4. The fraction of sp³-hybridized carbons (Fsp3) is 0.0556. The molecule has 0 fully saturated rings. The highest BCUT2D eigenvalue weighted by molar-refractivity contribution is 6.06. The first-order valence-electron chi connectivity index (χ1n) is 7.78. The van der Waals surface area contributed by atoms with Gasteiger partial charge in [-0.25, -0.2) is 9.59 Å². The van der Waals surface area contributed by atoms with E-state index in [4.69, 9.17) is 9.52 Å². The molecule has 0 aliphatic carbocycles. The summed E-state index contributed by atoms with van der Waals surface area (Å²) in [4.78, 5) is 46.1. The molecule has 3 N–H and O–H groups in total. The number of fused-ring (bicyclic) bond motifs is 1. The first kappa shape index (κ1) is 18.6. The second kappa shape index (κ2) is 6.83. The third kappa shape index (κ3) is 3.38. The van der Waals surface area contributed by atoms with Crippen LogP contribution in [0.1, 0.15) is 26.3 Å². The van der Waals surface area contributed by atoms with Gasteiger partial charge in [0, 0.05) is 23.2 Å². The van der Waals surface area contributed by atoms with Crippen LogP contribution in [0, 0.1) is 17.0 Å². The minimum Gasteiger partial charge on any atom is -0.507 e. The van der Waals surface area contributed by atoms with Crippen LogP contribution in [0.15, 0.2) is 45.6 Å². The lowest BCUT2D eigenvalue weighted by atomic mass is 10.1. The number of phenols is 1. The van der Waals surface area contributed by atoms with E-state index in [1.165, 1.54) is 25.1 Å². The van der Waals surface area contributed by atoms with Crippen molar-refractivity contribution >= 4 is 34.2 Å². The average Bonchev–Trinajstić information content (AvgIpc) is 2.62. The van der Waals surface area contributed by atoms with Crippen LogP contribution >= 0.6 is 0 Å². The molecule has 0 saturated carbocycles. The lowest BCUT2D eigenvalue weighted by Gasteiger charge is -2.08. The number of non-ortho nitro benzene ring substituents is 1. The van der Waals surface area contributed by atoms with Crippen molar-refractivity contribution in [3.8, 4) is 5.75 Å². The van der Waals surface area contributed by atoms with Crippen molar-refractivity contribution in [3.63, 3.8) is 0 Å². The molecule has 3 aromatic rings. The number of nitro benzene ring substituents is 1. The number of nitrogens with one attached hydrogen (secondary N) is 1. The summed E-state index contributed by atoms with van der Waals surface area (Å²) in [6, 6.07) is 6.92. The van der Waals surface area contributed by atoms with E-state index in [1.54, 1.807) is 0 Å². The molecule has 0 bridgehead atoms. The smallest absolute Gasteiger partial charge is 0.349 e. The van der Waals surface area contributed by atoms with Gasteiger partial charge < -0.3 is 19.9 Å². The summed E-state index contributed by atoms with van der Waals surface area (Å²) < 4.78 is 5.13. The molecular weight excluding hydrogens is 372 g/mol. The van der Waals surface area contributed by atoms with Gasteiger partial charge in [0.25, 0.3) is 11.6 Å². The second-order valence-electron chi connectivity index (χ2n) is 5.88. The highest BCUT2D eigenvalue weighted by atomic mass is 16.6. The Bertz CT molecular complexity index is 1210. The topological polar surface area (TPSA) is 160 Å². The molecule has 0 aliphatic rings. The fourth-order valence-corrected chi connectivity index (χ4v) is 2.64. The van der Waals surface area contributed by atoms with Crippen molar-refractivity contribution in [1.82, 2.24) is 0 Å². The summed E-state index contributed by atoms with van der Waals surface area (Å²) in [6.45, 7) is 1.53. The van der Waals surface area contributed by atoms with Crippen molar-refractivity contribution in [2.24, 2.45) is 0 Å². The molecule has 28 heavy (non-hydrogen) atoms. The van der Waals surface area contributed by atoms with Gasteiger partial charge in [0.05, 0.1) is 4.92 Å². The van der Waals surface area contributed by atoms with Crippen molar-refractivity contribution in [2.75, 3.05) is 5.32 Å². The molecule has 1 amide bonds. The number of hydrogen-bond donors (Lipinski definition) is 3. The Balaban J connectivity index is 2.03. The molecule has 0 saturated heterocycles. The molecule has 0 radical (unpaired) electrons. The molecule has 1 aromatic heterocycles. The number of carbonyl (C=O) groups excluding carboxylic acids is 1. The minimum absolute atomic E-state index is 0.0231. The zero-order chi connectivity index (χ0) is 20.6. The van der Waals surface area contributed by atoms with Crippen LogP contribution in [0.2, 0.25) is 0 Å². The van der Waals surface area contributed by atoms with E-state index in [9.17, 15) is 29.6 Å². The number of amides is 1. The number of nitrogens with zero attached hydrogens (tertiary/aromatic N) is 1. The highest BCUT2D eigenvalue weighted by Crippen LogP contribution is 2.25. The van der Waals surface area contributed by atoms with E-state index in [2.05, 4.69) is 5.32 Å². The summed E-state index contributed by atoms with van der Waals surface area (Å²) >= 11 is 0. The quantitative estimate of drug-likeness (QED) is 0.268. The number of nitro groups is 1. The predicted octanol–water partition coefficient (Wildman–Crippen LogP) is 2.67. The Hall–Kier alpha value is -4.21. The summed E-state index contributed by atoms with van der Waals surface area (Å²) in [6.07, 6.45) is 0. The second-order valence-corrected chi connectivity index (χ2v) is 5.88. The van der Waals surface area contributed by atoms with E-state index in [0.717, 1.165) is 18.2 Å². The van der Waals surface area contributed by atoms with Gasteiger partial charge in [-0.05, 0) is 36.8 Å². The molecule has 0 unspecified atom stereocenters. The van der Waals surface area contributed by atoms with Gasteiger partial charge in [-0.2, -0.15) is 0 Å². The van der Waals surface area contributed by atoms with Gasteiger partial charge in [-0.15, -0.1) is 0 Å². The summed E-state index contributed by atoms with van der Waals surface area (Å²) in [7, 11) is 0. The summed E-state index contributed by atoms with van der Waals surface area (Å²) in [5.41, 5.74) is -1.54. The van der Waals surface area contributed by atoms with Gasteiger partial charge in [0.1, 0.15) is 22.5 Å². The third-order valence-corrected chi connectivity index (χ3v) is 3.94. The Morgan fingerprint density at radius 2 is 1.86 bits per heavy atom. The first-order valence-corrected chi connectivity index (χ1v) is 7.78. The van der Waals surface area contributed by atoms with Crippen LogP contribution < -0.4 is 10.9 Å². The SMILES string of the molecule is Cc1cc([N+](=O)[O-])cc2cc(C(=O)Nc3ccc(O)c(C(=O)O)c3)c(=O)oc12. The number of aromatic carboxylic acids is 1. The molecule has 142 valence electrons. The van der Waals surface area contributed by atoms with E-state index >= 15 is 0 Å². The molecule has 0 atom stereocenters. The van der Waals surface area contributed by atoms with Crippen LogP contribution in [0.3, 0.4) is 0 Å². The largest absolute Gasteiger partial charge is 0.507 e. The number of hydrogen-bond acceptors (Lipinski definition) is 7. The minimum atomic E-state index is -1.40. The molecule has 1 heterocycles. The number of carboxylic acids is 1. The van der Waals surface area contributed by atoms with Crippen molar-refractivity contribution < 1.29 is 29.1 Å². The van der Waals surface area contributed by atoms with Crippen LogP contribution in [0.4, 0.5) is 11.4 Å². The van der Waals surface area contributed by atoms with Crippen molar-refractivity contribution in [2.45, 2.75) is 6.92 Å². The highest BCUT2D eigenvalue weighted by Gasteiger charge is 2.18. The van der Waals surface area contributed by atoms with Crippen LogP contribution in [-0.4, -0.2) is 27.0 Å². The maximum atomic E-state index is 12.4. The predicted molar refractivity (Wildman–Crippen MR) is 96.9 cm³/mol. The molecule has 10 heteroatoms. The average molecular weight is 384 g/mol. The Labute approximate surface area is 155 Å². The van der Waals surface area contributed by atoms with Gasteiger partial charge >= 0.3 is 11.6 Å². The van der Waals surface area contributed by atoms with Gasteiger partial charge in [-0.1, -0.05) is 0 Å². The Kier molecular flexibility index (Phi) is 4.53. The first-order chi connectivity index (χ1) is 13.2. The standard InChI is InChI=1S/C18H12N2O8/c1-8-4-11(20(26)27)5-9-6-13(18(25)28-15(8)9)16(22)19-10-2-3-14(21)12(7-10)17(23)24/h2-7,21H,1H3,(H,19,22)(H,23,24). The third-order valence-electron chi connectivity index (χ3n) is 3.94. The molecular formula is C18H12N2O8. The lowest BCUT2D eigenvalue weighted by molar-refractivity contribution is -0.384. The monoisotopic (exact) mass is 384 g/mol. The number of carboxylic acid groups (broad SMARTS) is 1. The van der Waals surface area contributed by atoms with E-state index in [1.807, 2.05) is 0 Å². The summed E-state index contributed by atoms with van der Waals surface area (Å²) in [5.74, 6) is -2.79. The van der Waals surface area contributed by atoms with Crippen molar-refractivity contribution in [1.29, 1.82) is 0 Å². The van der Waals surface area contributed by atoms with Gasteiger partial charge in [-0.3, -0.25) is 14.9 Å². The maximum Gasteiger partial charge on any atom is 0.349 e. The summed E-state index contributed by atoms with van der Waals surface area (Å²) in [5, 5.41) is 32.0. The van der Waals surface area contributed by atoms with Crippen LogP contribution in [0.5, 0.6) is 5.75 Å². The molecule has 0 aliphatic heterocycles. The molecule has 10 nitrogen and oxygen atoms in total. The Morgan fingerprint density at radius 1 is 1.14 bits per heavy atom. The van der Waals surface area contributed by atoms with Crippen LogP contribution in [-0.2, 0) is 0 Å². The van der Waals surface area contributed by atoms with E-state index in [-0.39, 0.29) is 22.3 Å². The zero-order valence-corrected chi connectivity index (χ0v) is 14.3. The van der Waals surface area contributed by atoms with Crippen LogP contribution in [0.25, 0.3) is 11.0 Å².